The van der Waals surface area contributed by atoms with Crippen molar-refractivity contribution in [1.29, 1.82) is 0 Å². The third-order valence-electron chi connectivity index (χ3n) is 6.96. The number of H-pyrrole nitrogens is 1. The number of rotatable bonds is 19. The van der Waals surface area contributed by atoms with Crippen LogP contribution in [0.2, 0.25) is 0 Å². The van der Waals surface area contributed by atoms with Crippen LogP contribution < -0.4 is 9.47 Å². The van der Waals surface area contributed by atoms with Gasteiger partial charge in [-0.25, -0.2) is 0 Å². The Hall–Kier alpha value is -2.75. The minimum Gasteiger partial charge on any atom is -0.494 e. The second-order valence-electron chi connectivity index (χ2n) is 10.3. The molecule has 0 saturated carbocycles. The molecule has 4 nitrogen and oxygen atoms in total. The van der Waals surface area contributed by atoms with Crippen molar-refractivity contribution in [2.24, 2.45) is 0 Å². The molecule has 0 spiro atoms. The van der Waals surface area contributed by atoms with Gasteiger partial charge in [0.2, 0.25) is 0 Å². The minimum atomic E-state index is 0.244. The molecule has 1 heterocycles. The Balaban J connectivity index is 1.41. The predicted molar refractivity (Wildman–Crippen MR) is 156 cm³/mol. The highest BCUT2D eigenvalue weighted by molar-refractivity contribution is 5.68. The van der Waals surface area contributed by atoms with Gasteiger partial charge in [-0.3, -0.25) is 5.10 Å². The van der Waals surface area contributed by atoms with Crippen LogP contribution in [0.5, 0.6) is 11.5 Å². The number of hydrogen-bond acceptors (Lipinski definition) is 3. The van der Waals surface area contributed by atoms with Gasteiger partial charge in [-0.1, -0.05) is 78.1 Å². The summed E-state index contributed by atoms with van der Waals surface area (Å²) in [5.74, 6) is 1.85. The second kappa shape index (κ2) is 16.9. The van der Waals surface area contributed by atoms with E-state index in [1.54, 1.807) is 0 Å². The molecule has 0 bridgehead atoms. The van der Waals surface area contributed by atoms with E-state index in [1.165, 1.54) is 70.6 Å². The maximum absolute atomic E-state index is 6.10. The predicted octanol–water partition coefficient (Wildman–Crippen LogP) is 10.0. The monoisotopic (exact) mass is 504 g/mol. The zero-order valence-electron chi connectivity index (χ0n) is 23.4. The van der Waals surface area contributed by atoms with Crippen LogP contribution in [0.1, 0.15) is 104 Å². The van der Waals surface area contributed by atoms with Crippen molar-refractivity contribution in [3.05, 3.63) is 54.6 Å². The summed E-state index contributed by atoms with van der Waals surface area (Å²) in [4.78, 5) is 0. The average Bonchev–Trinajstić information content (AvgIpc) is 3.41. The number of aromatic nitrogens is 2. The average molecular weight is 505 g/mol. The van der Waals surface area contributed by atoms with Crippen molar-refractivity contribution in [2.45, 2.75) is 110 Å². The van der Waals surface area contributed by atoms with Gasteiger partial charge in [-0.2, -0.15) is 5.10 Å². The second-order valence-corrected chi connectivity index (χ2v) is 10.3. The van der Waals surface area contributed by atoms with Gasteiger partial charge in [0.05, 0.1) is 24.1 Å². The highest BCUT2D eigenvalue weighted by Crippen LogP contribution is 2.27. The Morgan fingerprint density at radius 2 is 1.24 bits per heavy atom. The van der Waals surface area contributed by atoms with Crippen LogP contribution in [-0.4, -0.2) is 22.9 Å². The summed E-state index contributed by atoms with van der Waals surface area (Å²) in [5.41, 5.74) is 4.13. The molecule has 37 heavy (non-hydrogen) atoms. The summed E-state index contributed by atoms with van der Waals surface area (Å²) in [6.45, 7) is 7.46. The Morgan fingerprint density at radius 1 is 0.676 bits per heavy atom. The Kier molecular flexibility index (Phi) is 13.2. The van der Waals surface area contributed by atoms with E-state index >= 15 is 0 Å². The molecule has 3 aromatic rings. The molecule has 0 fully saturated rings. The van der Waals surface area contributed by atoms with Gasteiger partial charge in [0.15, 0.2) is 0 Å². The molecule has 0 unspecified atom stereocenters. The third kappa shape index (κ3) is 10.6. The van der Waals surface area contributed by atoms with Crippen LogP contribution in [0.15, 0.2) is 54.6 Å². The van der Waals surface area contributed by atoms with Gasteiger partial charge >= 0.3 is 0 Å². The van der Waals surface area contributed by atoms with Gasteiger partial charge in [0, 0.05) is 5.56 Å². The molecular weight excluding hydrogens is 456 g/mol. The summed E-state index contributed by atoms with van der Waals surface area (Å²) >= 11 is 0. The van der Waals surface area contributed by atoms with E-state index in [2.05, 4.69) is 73.4 Å². The number of ether oxygens (including phenoxy) is 2. The molecule has 1 atom stereocenters. The molecule has 0 amide bonds. The highest BCUT2D eigenvalue weighted by Gasteiger charge is 2.08. The van der Waals surface area contributed by atoms with Crippen LogP contribution in [0, 0.1) is 0 Å². The van der Waals surface area contributed by atoms with E-state index in [0.717, 1.165) is 53.5 Å². The van der Waals surface area contributed by atoms with Crippen molar-refractivity contribution < 1.29 is 9.47 Å². The fraction of sp³-hybridized carbons (Fsp3) is 0.545. The summed E-state index contributed by atoms with van der Waals surface area (Å²) in [6.07, 6.45) is 17.0. The number of unbranched alkanes of at least 4 members (excludes halogenated alkanes) is 10. The van der Waals surface area contributed by atoms with E-state index < -0.39 is 0 Å². The lowest BCUT2D eigenvalue weighted by Crippen LogP contribution is -2.11. The van der Waals surface area contributed by atoms with Crippen molar-refractivity contribution in [3.63, 3.8) is 0 Å². The molecule has 2 aromatic carbocycles. The third-order valence-corrected chi connectivity index (χ3v) is 6.96. The summed E-state index contributed by atoms with van der Waals surface area (Å²) in [6, 6.07) is 18.7. The largest absolute Gasteiger partial charge is 0.494 e. The summed E-state index contributed by atoms with van der Waals surface area (Å²) in [7, 11) is 0. The quantitative estimate of drug-likeness (QED) is 0.165. The van der Waals surface area contributed by atoms with Gasteiger partial charge in [-0.15, -0.1) is 0 Å². The van der Waals surface area contributed by atoms with Crippen LogP contribution in [0.25, 0.3) is 22.5 Å². The number of nitrogens with zero attached hydrogens (tertiary/aromatic N) is 1. The number of benzene rings is 2. The molecule has 0 aliphatic carbocycles. The van der Waals surface area contributed by atoms with Gasteiger partial charge in [0.25, 0.3) is 0 Å². The Bertz CT molecular complexity index is 978. The molecule has 0 saturated heterocycles. The molecule has 1 aromatic heterocycles. The first-order valence-electron chi connectivity index (χ1n) is 14.7. The molecule has 0 radical (unpaired) electrons. The first-order valence-corrected chi connectivity index (χ1v) is 14.7. The van der Waals surface area contributed by atoms with Crippen molar-refractivity contribution in [1.82, 2.24) is 10.2 Å². The number of aromatic amines is 1. The zero-order valence-corrected chi connectivity index (χ0v) is 23.4. The van der Waals surface area contributed by atoms with Crippen LogP contribution >= 0.6 is 0 Å². The van der Waals surface area contributed by atoms with Gasteiger partial charge in [0.1, 0.15) is 11.5 Å². The molecule has 3 rings (SSSR count). The summed E-state index contributed by atoms with van der Waals surface area (Å²) in [5, 5.41) is 7.72. The van der Waals surface area contributed by atoms with Crippen LogP contribution in [0.4, 0.5) is 0 Å². The lowest BCUT2D eigenvalue weighted by Gasteiger charge is -2.14. The maximum Gasteiger partial charge on any atom is 0.119 e. The fourth-order valence-electron chi connectivity index (χ4n) is 4.63. The lowest BCUT2D eigenvalue weighted by molar-refractivity contribution is 0.206. The fourth-order valence-corrected chi connectivity index (χ4v) is 4.63. The SMILES string of the molecule is CCCCCCCCCCOc1ccc(-c2cc(-c3ccc(O[C@H](C)CCCCCC)cc3)[nH]n2)cc1. The molecule has 202 valence electrons. The number of hydrogen-bond donors (Lipinski definition) is 1. The van der Waals surface area contributed by atoms with Crippen LogP contribution in [-0.2, 0) is 0 Å². The van der Waals surface area contributed by atoms with E-state index in [9.17, 15) is 0 Å². The van der Waals surface area contributed by atoms with E-state index in [-0.39, 0.29) is 6.10 Å². The van der Waals surface area contributed by atoms with Crippen molar-refractivity contribution in [2.75, 3.05) is 6.61 Å². The summed E-state index contributed by atoms with van der Waals surface area (Å²) < 4.78 is 12.0. The van der Waals surface area contributed by atoms with E-state index in [4.69, 9.17) is 9.47 Å². The maximum atomic E-state index is 6.10. The molecule has 1 N–H and O–H groups in total. The lowest BCUT2D eigenvalue weighted by atomic mass is 10.1. The van der Waals surface area contributed by atoms with E-state index in [0.29, 0.717) is 0 Å². The van der Waals surface area contributed by atoms with Crippen molar-refractivity contribution >= 4 is 0 Å². The minimum absolute atomic E-state index is 0.244. The standard InChI is InChI=1S/C33H48N2O2/c1-4-6-8-10-11-12-13-15-25-36-30-21-17-28(18-22-30)32-26-33(35-34-32)29-19-23-31(24-20-29)37-27(3)16-14-9-7-5-2/h17-24,26-27H,4-16,25H2,1-3H3,(H,34,35)/t27-/m1/s1. The van der Waals surface area contributed by atoms with Crippen molar-refractivity contribution in [3.8, 4) is 34.0 Å². The Morgan fingerprint density at radius 3 is 1.92 bits per heavy atom. The molecule has 0 aliphatic heterocycles. The Labute approximate surface area is 225 Å². The first kappa shape index (κ1) is 28.8. The number of nitrogens with one attached hydrogen (secondary N) is 1. The van der Waals surface area contributed by atoms with E-state index in [1.807, 2.05) is 12.1 Å². The normalized spacial score (nSPS) is 12.0. The highest BCUT2D eigenvalue weighted by atomic mass is 16.5. The first-order chi connectivity index (χ1) is 18.2. The van der Waals surface area contributed by atoms with Gasteiger partial charge < -0.3 is 9.47 Å². The molecular formula is C33H48N2O2. The smallest absolute Gasteiger partial charge is 0.119 e. The molecule has 4 heteroatoms. The zero-order chi connectivity index (χ0) is 26.1. The van der Waals surface area contributed by atoms with Gasteiger partial charge in [-0.05, 0) is 86.3 Å². The topological polar surface area (TPSA) is 47.1 Å². The van der Waals surface area contributed by atoms with Crippen LogP contribution in [0.3, 0.4) is 0 Å². The molecule has 0 aliphatic rings.